The van der Waals surface area contributed by atoms with Crippen LogP contribution in [-0.2, 0) is 0 Å². The maximum Gasteiger partial charge on any atom is 0.255 e. The molecule has 0 aliphatic carbocycles. The highest BCUT2D eigenvalue weighted by Gasteiger charge is 2.28. The van der Waals surface area contributed by atoms with Gasteiger partial charge in [0, 0.05) is 25.3 Å². The third kappa shape index (κ3) is 3.72. The Labute approximate surface area is 117 Å². The van der Waals surface area contributed by atoms with Gasteiger partial charge in [0.05, 0.1) is 5.56 Å². The lowest BCUT2D eigenvalue weighted by molar-refractivity contribution is 0.0630. The van der Waals surface area contributed by atoms with E-state index in [1.807, 2.05) is 43.1 Å². The van der Waals surface area contributed by atoms with Crippen molar-refractivity contribution >= 4 is 11.6 Å². The molecule has 1 rings (SSSR count). The van der Waals surface area contributed by atoms with E-state index >= 15 is 0 Å². The smallest absolute Gasteiger partial charge is 0.255 e. The molecular formula is C16H26N2O. The van der Waals surface area contributed by atoms with Crippen molar-refractivity contribution in [2.45, 2.75) is 40.7 Å². The van der Waals surface area contributed by atoms with Crippen LogP contribution in [0.15, 0.2) is 24.3 Å². The van der Waals surface area contributed by atoms with Gasteiger partial charge in [0.1, 0.15) is 0 Å². The summed E-state index contributed by atoms with van der Waals surface area (Å²) in [6.07, 6.45) is 0. The average molecular weight is 262 g/mol. The van der Waals surface area contributed by atoms with Crippen LogP contribution in [0.3, 0.4) is 0 Å². The number of hydrogen-bond donors (Lipinski definition) is 1. The van der Waals surface area contributed by atoms with Gasteiger partial charge in [-0.2, -0.15) is 0 Å². The summed E-state index contributed by atoms with van der Waals surface area (Å²) in [6, 6.07) is 7.86. The van der Waals surface area contributed by atoms with Gasteiger partial charge in [-0.15, -0.1) is 0 Å². The second kappa shape index (κ2) is 6.09. The molecule has 0 saturated heterocycles. The molecule has 1 amide bonds. The zero-order chi connectivity index (χ0) is 14.6. The van der Waals surface area contributed by atoms with Gasteiger partial charge in [-0.25, -0.2) is 0 Å². The summed E-state index contributed by atoms with van der Waals surface area (Å²) in [4.78, 5) is 14.4. The van der Waals surface area contributed by atoms with E-state index in [2.05, 4.69) is 33.0 Å². The molecular weight excluding hydrogens is 236 g/mol. The Bertz CT molecular complexity index is 435. The standard InChI is InChI=1S/C16H26N2O/c1-7-17-14-11-9-8-10-13(14)15(19)18(6)12(2)16(3,4)5/h8-12,17H,7H2,1-6H3. The fourth-order valence-corrected chi connectivity index (χ4v) is 1.96. The van der Waals surface area contributed by atoms with Crippen LogP contribution in [0, 0.1) is 5.41 Å². The van der Waals surface area contributed by atoms with Crippen LogP contribution in [0.5, 0.6) is 0 Å². The molecule has 3 nitrogen and oxygen atoms in total. The van der Waals surface area contributed by atoms with Crippen molar-refractivity contribution in [1.29, 1.82) is 0 Å². The Morgan fingerprint density at radius 1 is 1.32 bits per heavy atom. The minimum absolute atomic E-state index is 0.0670. The number of nitrogens with zero attached hydrogens (tertiary/aromatic N) is 1. The van der Waals surface area contributed by atoms with Crippen molar-refractivity contribution in [3.8, 4) is 0 Å². The van der Waals surface area contributed by atoms with Crippen LogP contribution in [-0.4, -0.2) is 30.4 Å². The maximum atomic E-state index is 12.6. The van der Waals surface area contributed by atoms with Gasteiger partial charge < -0.3 is 10.2 Å². The fourth-order valence-electron chi connectivity index (χ4n) is 1.96. The number of rotatable bonds is 4. The van der Waals surface area contributed by atoms with Crippen molar-refractivity contribution in [2.75, 3.05) is 18.9 Å². The quantitative estimate of drug-likeness (QED) is 0.898. The van der Waals surface area contributed by atoms with Crippen molar-refractivity contribution in [2.24, 2.45) is 5.41 Å². The van der Waals surface area contributed by atoms with Crippen LogP contribution in [0.4, 0.5) is 5.69 Å². The third-order valence-corrected chi connectivity index (χ3v) is 3.68. The van der Waals surface area contributed by atoms with Crippen molar-refractivity contribution in [1.82, 2.24) is 4.90 Å². The minimum atomic E-state index is 0.0670. The lowest BCUT2D eigenvalue weighted by Crippen LogP contribution is -2.43. The summed E-state index contributed by atoms with van der Waals surface area (Å²) in [5.41, 5.74) is 1.71. The van der Waals surface area contributed by atoms with Gasteiger partial charge in [-0.1, -0.05) is 32.9 Å². The van der Waals surface area contributed by atoms with Crippen LogP contribution >= 0.6 is 0 Å². The SMILES string of the molecule is CCNc1ccccc1C(=O)N(C)C(C)C(C)(C)C. The molecule has 0 bridgehead atoms. The number of anilines is 1. The lowest BCUT2D eigenvalue weighted by Gasteiger charge is -2.35. The van der Waals surface area contributed by atoms with E-state index in [9.17, 15) is 4.79 Å². The van der Waals surface area contributed by atoms with Gasteiger partial charge in [0.15, 0.2) is 0 Å². The number of hydrogen-bond acceptors (Lipinski definition) is 2. The molecule has 0 aromatic heterocycles. The molecule has 0 fully saturated rings. The summed E-state index contributed by atoms with van der Waals surface area (Å²) in [5.74, 6) is 0.0685. The molecule has 1 aromatic rings. The first-order valence-electron chi connectivity index (χ1n) is 6.89. The maximum absolute atomic E-state index is 12.6. The van der Waals surface area contributed by atoms with Crippen LogP contribution in [0.2, 0.25) is 0 Å². The number of benzene rings is 1. The fraction of sp³-hybridized carbons (Fsp3) is 0.562. The number of para-hydroxylation sites is 1. The van der Waals surface area contributed by atoms with Gasteiger partial charge in [0.25, 0.3) is 5.91 Å². The Kier molecular flexibility index (Phi) is 4.98. The number of nitrogens with one attached hydrogen (secondary N) is 1. The van der Waals surface area contributed by atoms with Crippen molar-refractivity contribution < 1.29 is 4.79 Å². The highest BCUT2D eigenvalue weighted by atomic mass is 16.2. The first-order valence-corrected chi connectivity index (χ1v) is 6.89. The molecule has 106 valence electrons. The van der Waals surface area contributed by atoms with Crippen molar-refractivity contribution in [3.05, 3.63) is 29.8 Å². The molecule has 1 atom stereocenters. The van der Waals surface area contributed by atoms with Crippen LogP contribution < -0.4 is 5.32 Å². The number of amides is 1. The summed E-state index contributed by atoms with van der Waals surface area (Å²) in [5, 5.41) is 3.24. The van der Waals surface area contributed by atoms with E-state index in [-0.39, 0.29) is 17.4 Å². The van der Waals surface area contributed by atoms with Gasteiger partial charge in [-0.05, 0) is 31.4 Å². The third-order valence-electron chi connectivity index (χ3n) is 3.68. The Morgan fingerprint density at radius 2 is 1.89 bits per heavy atom. The van der Waals surface area contributed by atoms with Gasteiger partial charge in [-0.3, -0.25) is 4.79 Å². The molecule has 0 aliphatic rings. The topological polar surface area (TPSA) is 32.3 Å². The molecule has 0 spiro atoms. The molecule has 3 heteroatoms. The molecule has 0 heterocycles. The summed E-state index contributed by atoms with van der Waals surface area (Å²) < 4.78 is 0. The molecule has 0 saturated carbocycles. The Morgan fingerprint density at radius 3 is 2.42 bits per heavy atom. The van der Waals surface area contributed by atoms with Crippen molar-refractivity contribution in [3.63, 3.8) is 0 Å². The second-order valence-electron chi connectivity index (χ2n) is 6.03. The summed E-state index contributed by atoms with van der Waals surface area (Å²) >= 11 is 0. The molecule has 1 unspecified atom stereocenters. The van der Waals surface area contributed by atoms with Gasteiger partial charge >= 0.3 is 0 Å². The highest BCUT2D eigenvalue weighted by Crippen LogP contribution is 2.25. The predicted molar refractivity (Wildman–Crippen MR) is 81.6 cm³/mol. The molecule has 0 radical (unpaired) electrons. The predicted octanol–water partition coefficient (Wildman–Crippen LogP) is 3.63. The highest BCUT2D eigenvalue weighted by molar-refractivity contribution is 5.99. The zero-order valence-corrected chi connectivity index (χ0v) is 12.9. The normalized spacial score (nSPS) is 12.9. The molecule has 0 aliphatic heterocycles. The molecule has 1 N–H and O–H groups in total. The average Bonchev–Trinajstić information content (AvgIpc) is 2.36. The Hall–Kier alpha value is -1.51. The van der Waals surface area contributed by atoms with Gasteiger partial charge in [0.2, 0.25) is 0 Å². The largest absolute Gasteiger partial charge is 0.385 e. The van der Waals surface area contributed by atoms with E-state index in [4.69, 9.17) is 0 Å². The number of carbonyl (C=O) groups excluding carboxylic acids is 1. The monoisotopic (exact) mass is 262 g/mol. The van der Waals surface area contributed by atoms with Crippen LogP contribution in [0.1, 0.15) is 45.0 Å². The second-order valence-corrected chi connectivity index (χ2v) is 6.03. The lowest BCUT2D eigenvalue weighted by atomic mass is 9.87. The summed E-state index contributed by atoms with van der Waals surface area (Å²) in [6.45, 7) is 11.4. The Balaban J connectivity index is 3.00. The van der Waals surface area contributed by atoms with E-state index in [1.54, 1.807) is 0 Å². The molecule has 1 aromatic carbocycles. The molecule has 19 heavy (non-hydrogen) atoms. The first-order chi connectivity index (χ1) is 8.79. The van der Waals surface area contributed by atoms with E-state index < -0.39 is 0 Å². The van der Waals surface area contributed by atoms with E-state index in [0.29, 0.717) is 0 Å². The summed E-state index contributed by atoms with van der Waals surface area (Å²) in [7, 11) is 1.88. The van der Waals surface area contributed by atoms with E-state index in [0.717, 1.165) is 17.8 Å². The zero-order valence-electron chi connectivity index (χ0n) is 12.9. The minimum Gasteiger partial charge on any atom is -0.385 e. The van der Waals surface area contributed by atoms with Crippen LogP contribution in [0.25, 0.3) is 0 Å². The van der Waals surface area contributed by atoms with E-state index in [1.165, 1.54) is 0 Å². The first kappa shape index (κ1) is 15.5. The number of carbonyl (C=O) groups is 1.